The van der Waals surface area contributed by atoms with Crippen molar-refractivity contribution in [1.82, 2.24) is 10.6 Å². The average Bonchev–Trinajstić information content (AvgIpc) is 2.95. The van der Waals surface area contributed by atoms with Crippen LogP contribution in [0.2, 0.25) is 0 Å². The largest absolute Gasteiger partial charge is 0.457 e. The summed E-state index contributed by atoms with van der Waals surface area (Å²) in [7, 11) is 0. The summed E-state index contributed by atoms with van der Waals surface area (Å²) in [5, 5.41) is 6.80. The molecule has 4 heteroatoms. The molecule has 0 aromatic heterocycles. The van der Waals surface area contributed by atoms with Gasteiger partial charge in [-0.1, -0.05) is 30.3 Å². The van der Waals surface area contributed by atoms with Crippen LogP contribution in [0.25, 0.3) is 0 Å². The van der Waals surface area contributed by atoms with Gasteiger partial charge in [-0.25, -0.2) is 0 Å². The monoisotopic (exact) mass is 322 g/mol. The lowest BCUT2D eigenvalue weighted by molar-refractivity contribution is 0.0921. The van der Waals surface area contributed by atoms with E-state index in [9.17, 15) is 4.79 Å². The molecule has 2 unspecified atom stereocenters. The van der Waals surface area contributed by atoms with Gasteiger partial charge in [-0.05, 0) is 49.9 Å². The molecule has 0 saturated carbocycles. The third kappa shape index (κ3) is 3.29. The van der Waals surface area contributed by atoms with Gasteiger partial charge in [0.05, 0.1) is 5.56 Å². The van der Waals surface area contributed by atoms with Crippen LogP contribution < -0.4 is 15.4 Å². The van der Waals surface area contributed by atoms with Crippen molar-refractivity contribution in [3.05, 3.63) is 60.2 Å². The Hall–Kier alpha value is -2.33. The number of amides is 1. The molecule has 4 nitrogen and oxygen atoms in total. The zero-order chi connectivity index (χ0) is 16.4. The second-order valence-electron chi connectivity index (χ2n) is 6.69. The summed E-state index contributed by atoms with van der Waals surface area (Å²) in [5.41, 5.74) is 0.590. The first kappa shape index (κ1) is 15.2. The van der Waals surface area contributed by atoms with Crippen LogP contribution in [0.3, 0.4) is 0 Å². The number of benzene rings is 2. The van der Waals surface area contributed by atoms with Crippen LogP contribution in [-0.4, -0.2) is 24.0 Å². The van der Waals surface area contributed by atoms with Gasteiger partial charge < -0.3 is 15.4 Å². The summed E-state index contributed by atoms with van der Waals surface area (Å²) < 4.78 is 5.90. The van der Waals surface area contributed by atoms with Gasteiger partial charge in [-0.15, -0.1) is 0 Å². The maximum atomic E-state index is 12.7. The molecule has 0 radical (unpaired) electrons. The standard InChI is InChI=1S/C20H22N2O2/c23-20(22-16-12-14-10-11-15(13-16)21-14)18-8-4-5-9-19(18)24-17-6-2-1-3-7-17/h1-9,14-16,21H,10-13H2,(H,22,23). The Labute approximate surface area is 142 Å². The number of carbonyl (C=O) groups excluding carboxylic acids is 1. The second kappa shape index (κ2) is 6.65. The molecular weight excluding hydrogens is 300 g/mol. The number of nitrogens with one attached hydrogen (secondary N) is 2. The highest BCUT2D eigenvalue weighted by Gasteiger charge is 2.34. The molecule has 0 aliphatic carbocycles. The quantitative estimate of drug-likeness (QED) is 0.906. The van der Waals surface area contributed by atoms with Crippen LogP contribution >= 0.6 is 0 Å². The van der Waals surface area contributed by atoms with E-state index >= 15 is 0 Å². The number of fused-ring (bicyclic) bond motifs is 2. The fourth-order valence-electron chi connectivity index (χ4n) is 3.80. The van der Waals surface area contributed by atoms with E-state index in [2.05, 4.69) is 10.6 Å². The molecule has 2 aromatic carbocycles. The highest BCUT2D eigenvalue weighted by molar-refractivity contribution is 5.97. The summed E-state index contributed by atoms with van der Waals surface area (Å²) in [4.78, 5) is 12.7. The number of ether oxygens (including phenoxy) is 1. The van der Waals surface area contributed by atoms with Gasteiger partial charge in [0.25, 0.3) is 5.91 Å². The normalized spacial score (nSPS) is 25.2. The summed E-state index contributed by atoms with van der Waals surface area (Å²) >= 11 is 0. The maximum absolute atomic E-state index is 12.7. The van der Waals surface area contributed by atoms with Crippen molar-refractivity contribution in [3.63, 3.8) is 0 Å². The van der Waals surface area contributed by atoms with Crippen molar-refractivity contribution >= 4 is 5.91 Å². The van der Waals surface area contributed by atoms with E-state index in [-0.39, 0.29) is 11.9 Å². The lowest BCUT2D eigenvalue weighted by atomic mass is 9.99. The number of para-hydroxylation sites is 2. The molecule has 2 heterocycles. The first-order valence-electron chi connectivity index (χ1n) is 8.67. The summed E-state index contributed by atoms with van der Waals surface area (Å²) in [5.74, 6) is 1.28. The van der Waals surface area contributed by atoms with Crippen molar-refractivity contribution in [2.45, 2.75) is 43.8 Å². The molecular formula is C20H22N2O2. The average molecular weight is 322 g/mol. The fourth-order valence-corrected chi connectivity index (χ4v) is 3.80. The molecule has 2 atom stereocenters. The van der Waals surface area contributed by atoms with Gasteiger partial charge >= 0.3 is 0 Å². The summed E-state index contributed by atoms with van der Waals surface area (Å²) in [6.07, 6.45) is 4.49. The van der Waals surface area contributed by atoms with Crippen LogP contribution in [0.1, 0.15) is 36.0 Å². The van der Waals surface area contributed by atoms with Crippen molar-refractivity contribution in [2.75, 3.05) is 0 Å². The van der Waals surface area contributed by atoms with Gasteiger partial charge in [0.2, 0.25) is 0 Å². The van der Waals surface area contributed by atoms with E-state index in [1.54, 1.807) is 0 Å². The molecule has 2 bridgehead atoms. The van der Waals surface area contributed by atoms with E-state index in [1.807, 2.05) is 54.6 Å². The van der Waals surface area contributed by atoms with Crippen LogP contribution in [-0.2, 0) is 0 Å². The van der Waals surface area contributed by atoms with Gasteiger partial charge in [-0.3, -0.25) is 4.79 Å². The Kier molecular flexibility index (Phi) is 4.22. The third-order valence-corrected chi connectivity index (χ3v) is 4.91. The van der Waals surface area contributed by atoms with Crippen LogP contribution in [0.4, 0.5) is 0 Å². The zero-order valence-corrected chi connectivity index (χ0v) is 13.6. The first-order valence-corrected chi connectivity index (χ1v) is 8.67. The summed E-state index contributed by atoms with van der Waals surface area (Å²) in [6, 6.07) is 18.4. The highest BCUT2D eigenvalue weighted by atomic mass is 16.5. The maximum Gasteiger partial charge on any atom is 0.255 e. The predicted octanol–water partition coefficient (Wildman–Crippen LogP) is 3.49. The third-order valence-electron chi connectivity index (χ3n) is 4.91. The number of hydrogen-bond donors (Lipinski definition) is 2. The topological polar surface area (TPSA) is 50.4 Å². The Bertz CT molecular complexity index is 705. The fraction of sp³-hybridized carbons (Fsp3) is 0.350. The Morgan fingerprint density at radius 2 is 1.62 bits per heavy atom. The Balaban J connectivity index is 1.48. The predicted molar refractivity (Wildman–Crippen MR) is 93.4 cm³/mol. The molecule has 2 N–H and O–H groups in total. The zero-order valence-electron chi connectivity index (χ0n) is 13.6. The van der Waals surface area contributed by atoms with Crippen LogP contribution in [0.15, 0.2) is 54.6 Å². The van der Waals surface area contributed by atoms with Gasteiger partial charge in [0.15, 0.2) is 0 Å². The Morgan fingerprint density at radius 3 is 2.38 bits per heavy atom. The molecule has 124 valence electrons. The smallest absolute Gasteiger partial charge is 0.255 e. The minimum absolute atomic E-state index is 0.0483. The van der Waals surface area contributed by atoms with Crippen molar-refractivity contribution in [3.8, 4) is 11.5 Å². The van der Waals surface area contributed by atoms with E-state index in [0.29, 0.717) is 23.4 Å². The van der Waals surface area contributed by atoms with Gasteiger partial charge in [0, 0.05) is 18.1 Å². The number of piperidine rings is 1. The van der Waals surface area contributed by atoms with Gasteiger partial charge in [-0.2, -0.15) is 0 Å². The molecule has 2 aliphatic heterocycles. The molecule has 4 rings (SSSR count). The molecule has 2 saturated heterocycles. The van der Waals surface area contributed by atoms with Crippen LogP contribution in [0.5, 0.6) is 11.5 Å². The van der Waals surface area contributed by atoms with E-state index < -0.39 is 0 Å². The van der Waals surface area contributed by atoms with E-state index in [4.69, 9.17) is 4.74 Å². The highest BCUT2D eigenvalue weighted by Crippen LogP contribution is 2.28. The molecule has 0 spiro atoms. The molecule has 2 aliphatic rings. The SMILES string of the molecule is O=C(NC1CC2CCC(C1)N2)c1ccccc1Oc1ccccc1. The van der Waals surface area contributed by atoms with E-state index in [0.717, 1.165) is 18.6 Å². The number of rotatable bonds is 4. The molecule has 1 amide bonds. The number of hydrogen-bond acceptors (Lipinski definition) is 3. The second-order valence-corrected chi connectivity index (χ2v) is 6.69. The molecule has 2 aromatic rings. The van der Waals surface area contributed by atoms with E-state index in [1.165, 1.54) is 12.8 Å². The van der Waals surface area contributed by atoms with Crippen molar-refractivity contribution in [1.29, 1.82) is 0 Å². The number of carbonyl (C=O) groups is 1. The Morgan fingerprint density at radius 1 is 0.958 bits per heavy atom. The summed E-state index contributed by atoms with van der Waals surface area (Å²) in [6.45, 7) is 0. The lowest BCUT2D eigenvalue weighted by Gasteiger charge is -2.29. The van der Waals surface area contributed by atoms with Crippen molar-refractivity contribution in [2.24, 2.45) is 0 Å². The van der Waals surface area contributed by atoms with Crippen molar-refractivity contribution < 1.29 is 9.53 Å². The minimum Gasteiger partial charge on any atom is -0.457 e. The molecule has 24 heavy (non-hydrogen) atoms. The molecule has 2 fully saturated rings. The minimum atomic E-state index is -0.0483. The first-order chi connectivity index (χ1) is 11.8. The van der Waals surface area contributed by atoms with Gasteiger partial charge in [0.1, 0.15) is 11.5 Å². The lowest BCUT2D eigenvalue weighted by Crippen LogP contribution is -2.48. The van der Waals surface area contributed by atoms with Crippen LogP contribution in [0, 0.1) is 0 Å².